The van der Waals surface area contributed by atoms with Crippen molar-refractivity contribution in [3.8, 4) is 5.75 Å². The van der Waals surface area contributed by atoms with Gasteiger partial charge in [0, 0.05) is 37.0 Å². The average molecular weight is 438 g/mol. The fourth-order valence-corrected chi connectivity index (χ4v) is 4.99. The number of anilines is 4. The Bertz CT molecular complexity index is 1190. The van der Waals surface area contributed by atoms with Gasteiger partial charge < -0.3 is 15.0 Å². The SMILES string of the molecule is O=S(=O)(Nc1ccc(Nc2cc(N3CCCC3)cnn2)cc1)c1ccc2c(c1)CCO2. The first-order valence-corrected chi connectivity index (χ1v) is 11.8. The number of nitrogens with one attached hydrogen (secondary N) is 2. The largest absolute Gasteiger partial charge is 0.493 e. The lowest BCUT2D eigenvalue weighted by Crippen LogP contribution is -2.18. The van der Waals surface area contributed by atoms with E-state index in [0.29, 0.717) is 18.1 Å². The number of rotatable bonds is 6. The van der Waals surface area contributed by atoms with Gasteiger partial charge in [-0.15, -0.1) is 5.10 Å². The third-order valence-electron chi connectivity index (χ3n) is 5.49. The highest BCUT2D eigenvalue weighted by Gasteiger charge is 2.19. The monoisotopic (exact) mass is 437 g/mol. The summed E-state index contributed by atoms with van der Waals surface area (Å²) in [6.45, 7) is 2.67. The summed E-state index contributed by atoms with van der Waals surface area (Å²) in [6.07, 6.45) is 4.89. The van der Waals surface area contributed by atoms with Gasteiger partial charge in [0.25, 0.3) is 10.0 Å². The van der Waals surface area contributed by atoms with E-state index in [4.69, 9.17) is 4.74 Å². The summed E-state index contributed by atoms with van der Waals surface area (Å²) in [5, 5.41) is 11.5. The topological polar surface area (TPSA) is 96.5 Å². The van der Waals surface area contributed by atoms with E-state index < -0.39 is 10.0 Å². The number of nitrogens with zero attached hydrogens (tertiary/aromatic N) is 3. The molecule has 2 aromatic carbocycles. The fraction of sp³-hybridized carbons (Fsp3) is 0.273. The van der Waals surface area contributed by atoms with Crippen molar-refractivity contribution >= 4 is 32.9 Å². The Labute approximate surface area is 181 Å². The van der Waals surface area contributed by atoms with Crippen LogP contribution in [0.1, 0.15) is 18.4 Å². The fourth-order valence-electron chi connectivity index (χ4n) is 3.88. The molecule has 5 rings (SSSR count). The molecule has 1 fully saturated rings. The van der Waals surface area contributed by atoms with Crippen molar-refractivity contribution in [3.63, 3.8) is 0 Å². The van der Waals surface area contributed by atoms with Gasteiger partial charge in [0.1, 0.15) is 5.75 Å². The molecule has 0 aliphatic carbocycles. The first kappa shape index (κ1) is 19.6. The summed E-state index contributed by atoms with van der Waals surface area (Å²) >= 11 is 0. The van der Waals surface area contributed by atoms with Gasteiger partial charge in [-0.2, -0.15) is 5.10 Å². The van der Waals surface area contributed by atoms with E-state index in [0.717, 1.165) is 42.2 Å². The van der Waals surface area contributed by atoms with Gasteiger partial charge in [0.15, 0.2) is 5.82 Å². The number of hydrogen-bond donors (Lipinski definition) is 2. The van der Waals surface area contributed by atoms with E-state index in [1.165, 1.54) is 12.8 Å². The molecule has 8 nitrogen and oxygen atoms in total. The summed E-state index contributed by atoms with van der Waals surface area (Å²) < 4.78 is 33.6. The van der Waals surface area contributed by atoms with E-state index >= 15 is 0 Å². The van der Waals surface area contributed by atoms with Crippen molar-refractivity contribution in [2.45, 2.75) is 24.2 Å². The van der Waals surface area contributed by atoms with Crippen LogP contribution in [-0.2, 0) is 16.4 Å². The number of sulfonamides is 1. The van der Waals surface area contributed by atoms with Crippen LogP contribution >= 0.6 is 0 Å². The van der Waals surface area contributed by atoms with Gasteiger partial charge in [-0.05, 0) is 60.9 Å². The second-order valence-corrected chi connectivity index (χ2v) is 9.35. The Hall–Kier alpha value is -3.33. The molecule has 0 amide bonds. The lowest BCUT2D eigenvalue weighted by atomic mass is 10.2. The smallest absolute Gasteiger partial charge is 0.261 e. The van der Waals surface area contributed by atoms with Gasteiger partial charge in [0.2, 0.25) is 0 Å². The highest BCUT2D eigenvalue weighted by atomic mass is 32.2. The summed E-state index contributed by atoms with van der Waals surface area (Å²) in [5.74, 6) is 1.41. The zero-order chi connectivity index (χ0) is 21.3. The second-order valence-electron chi connectivity index (χ2n) is 7.67. The lowest BCUT2D eigenvalue weighted by molar-refractivity contribution is 0.356. The molecule has 2 aliphatic rings. The van der Waals surface area contributed by atoms with Crippen molar-refractivity contribution in [1.82, 2.24) is 10.2 Å². The average Bonchev–Trinajstić information content (AvgIpc) is 3.47. The molecule has 9 heteroatoms. The maximum absolute atomic E-state index is 12.8. The summed E-state index contributed by atoms with van der Waals surface area (Å²) in [7, 11) is -3.68. The molecular weight excluding hydrogens is 414 g/mol. The maximum Gasteiger partial charge on any atom is 0.261 e. The van der Waals surface area contributed by atoms with E-state index in [9.17, 15) is 8.42 Å². The zero-order valence-corrected chi connectivity index (χ0v) is 17.7. The minimum atomic E-state index is -3.68. The normalized spacial score (nSPS) is 15.4. The minimum absolute atomic E-state index is 0.230. The predicted octanol–water partition coefficient (Wildman–Crippen LogP) is 3.56. The molecular formula is C22H23N5O3S. The van der Waals surface area contributed by atoms with Gasteiger partial charge in [-0.25, -0.2) is 8.42 Å². The van der Waals surface area contributed by atoms with Crippen LogP contribution < -0.4 is 19.7 Å². The van der Waals surface area contributed by atoms with Crippen LogP contribution in [0, 0.1) is 0 Å². The van der Waals surface area contributed by atoms with Crippen LogP contribution in [0.15, 0.2) is 59.6 Å². The van der Waals surface area contributed by atoms with E-state index in [-0.39, 0.29) is 4.90 Å². The Morgan fingerprint density at radius 1 is 0.968 bits per heavy atom. The van der Waals surface area contributed by atoms with Crippen molar-refractivity contribution in [3.05, 3.63) is 60.3 Å². The number of benzene rings is 2. The molecule has 0 radical (unpaired) electrons. The van der Waals surface area contributed by atoms with Gasteiger partial charge in [-0.1, -0.05) is 0 Å². The number of aromatic nitrogens is 2. The minimum Gasteiger partial charge on any atom is -0.493 e. The molecule has 0 bridgehead atoms. The molecule has 160 valence electrons. The number of ether oxygens (including phenoxy) is 1. The first-order valence-electron chi connectivity index (χ1n) is 10.3. The highest BCUT2D eigenvalue weighted by Crippen LogP contribution is 2.29. The molecule has 2 aliphatic heterocycles. The van der Waals surface area contributed by atoms with Crippen LogP contribution in [0.5, 0.6) is 5.75 Å². The van der Waals surface area contributed by atoms with Crippen LogP contribution in [0.25, 0.3) is 0 Å². The summed E-state index contributed by atoms with van der Waals surface area (Å²) in [4.78, 5) is 2.52. The van der Waals surface area contributed by atoms with Gasteiger partial charge in [-0.3, -0.25) is 4.72 Å². The lowest BCUT2D eigenvalue weighted by Gasteiger charge is -2.17. The summed E-state index contributed by atoms with van der Waals surface area (Å²) in [6, 6.07) is 14.0. The predicted molar refractivity (Wildman–Crippen MR) is 120 cm³/mol. The number of hydrogen-bond acceptors (Lipinski definition) is 7. The van der Waals surface area contributed by atoms with Crippen molar-refractivity contribution < 1.29 is 13.2 Å². The molecule has 1 saturated heterocycles. The van der Waals surface area contributed by atoms with Gasteiger partial charge >= 0.3 is 0 Å². The van der Waals surface area contributed by atoms with Crippen LogP contribution in [0.2, 0.25) is 0 Å². The highest BCUT2D eigenvalue weighted by molar-refractivity contribution is 7.92. The molecule has 2 N–H and O–H groups in total. The summed E-state index contributed by atoms with van der Waals surface area (Å²) in [5.41, 5.74) is 3.25. The Kier molecular flexibility index (Phi) is 5.11. The Morgan fingerprint density at radius 3 is 2.55 bits per heavy atom. The molecule has 0 spiro atoms. The molecule has 0 unspecified atom stereocenters. The van der Waals surface area contributed by atoms with Crippen molar-refractivity contribution in [2.24, 2.45) is 0 Å². The molecule has 3 aromatic rings. The molecule has 3 heterocycles. The first-order chi connectivity index (χ1) is 15.1. The van der Waals surface area contributed by atoms with Crippen LogP contribution in [-0.4, -0.2) is 38.3 Å². The zero-order valence-electron chi connectivity index (χ0n) is 16.9. The van der Waals surface area contributed by atoms with Crippen molar-refractivity contribution in [2.75, 3.05) is 34.6 Å². The Morgan fingerprint density at radius 2 is 1.74 bits per heavy atom. The van der Waals surface area contributed by atoms with Crippen LogP contribution in [0.3, 0.4) is 0 Å². The van der Waals surface area contributed by atoms with Crippen molar-refractivity contribution in [1.29, 1.82) is 0 Å². The van der Waals surface area contributed by atoms with E-state index in [2.05, 4.69) is 25.1 Å². The quantitative estimate of drug-likeness (QED) is 0.609. The standard InChI is InChI=1S/C22H23N5O3S/c28-31(29,20-7-8-21-16(13-20)9-12-30-21)26-18-5-3-17(4-6-18)24-22-14-19(15-23-25-22)27-10-1-2-11-27/h3-8,13-15,26H,1-2,9-12H2,(H,24,25). The van der Waals surface area contributed by atoms with E-state index in [1.54, 1.807) is 48.7 Å². The second kappa shape index (κ2) is 8.07. The maximum atomic E-state index is 12.8. The van der Waals surface area contributed by atoms with Crippen LogP contribution in [0.4, 0.5) is 22.9 Å². The number of fused-ring (bicyclic) bond motifs is 1. The third-order valence-corrected chi connectivity index (χ3v) is 6.87. The third kappa shape index (κ3) is 4.27. The molecule has 31 heavy (non-hydrogen) atoms. The molecule has 0 saturated carbocycles. The Balaban J connectivity index is 1.27. The van der Waals surface area contributed by atoms with Gasteiger partial charge in [0.05, 0.1) is 23.4 Å². The van der Waals surface area contributed by atoms with E-state index in [1.807, 2.05) is 6.07 Å². The molecule has 0 atom stereocenters. The molecule has 1 aromatic heterocycles.